The number of aromatic amines is 1. The largest absolute Gasteiger partial charge is 0.378 e. The van der Waals surface area contributed by atoms with Crippen molar-refractivity contribution in [3.63, 3.8) is 0 Å². The second-order valence-corrected chi connectivity index (χ2v) is 8.04. The third-order valence-electron chi connectivity index (χ3n) is 5.63. The molecular weight excluding hydrogens is 382 g/mol. The van der Waals surface area contributed by atoms with Crippen LogP contribution in [0.1, 0.15) is 67.5 Å². The van der Waals surface area contributed by atoms with Crippen molar-refractivity contribution in [1.82, 2.24) is 31.3 Å². The lowest BCUT2D eigenvalue weighted by Crippen LogP contribution is -2.50. The molecule has 1 aromatic carbocycles. The molecule has 0 unspecified atom stereocenters. The van der Waals surface area contributed by atoms with Crippen molar-refractivity contribution in [2.75, 3.05) is 19.0 Å². The highest BCUT2D eigenvalue weighted by Crippen LogP contribution is 2.32. The lowest BCUT2D eigenvalue weighted by Gasteiger charge is -2.24. The van der Waals surface area contributed by atoms with Crippen molar-refractivity contribution in [1.29, 1.82) is 0 Å². The molecule has 3 N–H and O–H groups in total. The van der Waals surface area contributed by atoms with Crippen LogP contribution in [0, 0.1) is 0 Å². The predicted molar refractivity (Wildman–Crippen MR) is 114 cm³/mol. The van der Waals surface area contributed by atoms with Crippen molar-refractivity contribution in [2.24, 2.45) is 0 Å². The first kappa shape index (κ1) is 21.7. The Morgan fingerprint density at radius 3 is 2.83 bits per heavy atom. The van der Waals surface area contributed by atoms with Gasteiger partial charge in [-0.15, -0.1) is 10.2 Å². The molecule has 0 bridgehead atoms. The second kappa shape index (κ2) is 10.2. The summed E-state index contributed by atoms with van der Waals surface area (Å²) in [5, 5.41) is 20.4. The third-order valence-corrected chi connectivity index (χ3v) is 5.63. The van der Waals surface area contributed by atoms with Gasteiger partial charge >= 0.3 is 0 Å². The maximum absolute atomic E-state index is 13.1. The van der Waals surface area contributed by atoms with Crippen molar-refractivity contribution >= 4 is 17.5 Å². The number of tetrazole rings is 1. The number of nitrogens with zero attached hydrogens (tertiary/aromatic N) is 4. The third kappa shape index (κ3) is 5.34. The number of hydrogen-bond acceptors (Lipinski definition) is 6. The molecule has 30 heavy (non-hydrogen) atoms. The number of hydrogen-bond donors (Lipinski definition) is 3. The number of carbonyl (C=O) groups excluding carboxylic acids is 2. The summed E-state index contributed by atoms with van der Waals surface area (Å²) in [6.07, 6.45) is 5.17. The maximum Gasteiger partial charge on any atom is 0.252 e. The number of benzene rings is 1. The van der Waals surface area contributed by atoms with E-state index in [2.05, 4.69) is 38.2 Å². The fraction of sp³-hybridized carbons (Fsp3) is 0.571. The molecule has 3 atom stereocenters. The molecule has 1 aliphatic carbocycles. The Bertz CT molecular complexity index is 838. The summed E-state index contributed by atoms with van der Waals surface area (Å²) >= 11 is 0. The average Bonchev–Trinajstić information content (AvgIpc) is 3.42. The van der Waals surface area contributed by atoms with Crippen LogP contribution in [0.15, 0.2) is 24.3 Å². The van der Waals surface area contributed by atoms with E-state index < -0.39 is 6.04 Å². The Kier molecular flexibility index (Phi) is 7.37. The number of anilines is 1. The molecule has 3 rings (SSSR count). The topological polar surface area (TPSA) is 116 Å². The van der Waals surface area contributed by atoms with Gasteiger partial charge in [0, 0.05) is 37.3 Å². The molecule has 0 spiro atoms. The van der Waals surface area contributed by atoms with Gasteiger partial charge in [-0.3, -0.25) is 9.59 Å². The number of H-pyrrole nitrogens is 1. The number of unbranched alkanes of at least 4 members (excludes halogenated alkanes) is 1. The quantitative estimate of drug-likeness (QED) is 0.579. The molecule has 1 fully saturated rings. The zero-order chi connectivity index (χ0) is 21.5. The van der Waals surface area contributed by atoms with Crippen LogP contribution >= 0.6 is 0 Å². The highest BCUT2D eigenvalue weighted by molar-refractivity contribution is 5.98. The molecule has 9 heteroatoms. The van der Waals surface area contributed by atoms with Gasteiger partial charge in [0.2, 0.25) is 5.91 Å². The highest BCUT2D eigenvalue weighted by atomic mass is 16.2. The second-order valence-electron chi connectivity index (χ2n) is 8.04. The molecule has 1 aromatic heterocycles. The van der Waals surface area contributed by atoms with Crippen LogP contribution in [0.5, 0.6) is 0 Å². The maximum atomic E-state index is 13.1. The first-order valence-electron chi connectivity index (χ1n) is 10.6. The minimum absolute atomic E-state index is 0.0480. The van der Waals surface area contributed by atoms with Crippen molar-refractivity contribution in [3.05, 3.63) is 35.7 Å². The standard InChI is InChI=1S/C21H31N7O2/c1-4-5-11-18(23-20(29)14-8-6-9-15(13-14)28(2)3)21(30)22-17-12-7-10-16(17)19-24-26-27-25-19/h6,8-9,13,16-18H,4-5,7,10-12H2,1-3H3,(H,22,30)(H,23,29)(H,24,25,26,27)/t16-,17+,18+/m1/s1. The number of aromatic nitrogens is 4. The summed E-state index contributed by atoms with van der Waals surface area (Å²) < 4.78 is 0. The van der Waals surface area contributed by atoms with Crippen LogP contribution in [0.3, 0.4) is 0 Å². The summed E-state index contributed by atoms with van der Waals surface area (Å²) in [6, 6.07) is 6.75. The Labute approximate surface area is 177 Å². The van der Waals surface area contributed by atoms with Crippen molar-refractivity contribution in [2.45, 2.75) is 63.5 Å². The normalized spacial score (nSPS) is 19.3. The summed E-state index contributed by atoms with van der Waals surface area (Å²) in [5.74, 6) is 0.288. The van der Waals surface area contributed by atoms with Gasteiger partial charge in [-0.2, -0.15) is 5.21 Å². The molecule has 1 aliphatic rings. The Hall–Kier alpha value is -2.97. The van der Waals surface area contributed by atoms with E-state index in [0.717, 1.165) is 37.8 Å². The van der Waals surface area contributed by atoms with E-state index in [1.807, 2.05) is 37.2 Å². The van der Waals surface area contributed by atoms with Crippen LogP contribution in [-0.4, -0.2) is 58.6 Å². The highest BCUT2D eigenvalue weighted by Gasteiger charge is 2.34. The lowest BCUT2D eigenvalue weighted by atomic mass is 10.0. The van der Waals surface area contributed by atoms with Gasteiger partial charge < -0.3 is 15.5 Å². The molecule has 0 aliphatic heterocycles. The average molecular weight is 414 g/mol. The van der Waals surface area contributed by atoms with E-state index in [4.69, 9.17) is 0 Å². The van der Waals surface area contributed by atoms with E-state index in [-0.39, 0.29) is 23.8 Å². The molecule has 1 saturated carbocycles. The zero-order valence-corrected chi connectivity index (χ0v) is 17.9. The fourth-order valence-electron chi connectivity index (χ4n) is 3.90. The van der Waals surface area contributed by atoms with E-state index in [9.17, 15) is 9.59 Å². The first-order valence-corrected chi connectivity index (χ1v) is 10.6. The van der Waals surface area contributed by atoms with E-state index in [1.54, 1.807) is 6.07 Å². The van der Waals surface area contributed by atoms with Gasteiger partial charge in [0.05, 0.1) is 0 Å². The van der Waals surface area contributed by atoms with Crippen LogP contribution in [0.4, 0.5) is 5.69 Å². The minimum atomic E-state index is -0.577. The summed E-state index contributed by atoms with van der Waals surface area (Å²) in [4.78, 5) is 27.8. The van der Waals surface area contributed by atoms with Gasteiger partial charge in [-0.05, 0) is 37.5 Å². The Balaban J connectivity index is 1.68. The van der Waals surface area contributed by atoms with Gasteiger partial charge in [0.25, 0.3) is 5.91 Å². The van der Waals surface area contributed by atoms with Crippen LogP contribution in [0.2, 0.25) is 0 Å². The van der Waals surface area contributed by atoms with Gasteiger partial charge in [0.1, 0.15) is 6.04 Å². The molecule has 0 radical (unpaired) electrons. The smallest absolute Gasteiger partial charge is 0.252 e. The summed E-state index contributed by atoms with van der Waals surface area (Å²) in [5.41, 5.74) is 1.48. The van der Waals surface area contributed by atoms with Crippen LogP contribution in [0.25, 0.3) is 0 Å². The molecular formula is C21H31N7O2. The summed E-state index contributed by atoms with van der Waals surface area (Å²) in [6.45, 7) is 2.07. The SMILES string of the molecule is CCCC[C@H](NC(=O)c1cccc(N(C)C)c1)C(=O)N[C@H]1CCC[C@H]1c1nn[nH]n1. The number of amides is 2. The zero-order valence-electron chi connectivity index (χ0n) is 17.9. The van der Waals surface area contributed by atoms with Crippen LogP contribution in [-0.2, 0) is 4.79 Å². The van der Waals surface area contributed by atoms with Crippen LogP contribution < -0.4 is 15.5 Å². The molecule has 1 heterocycles. The number of nitrogens with one attached hydrogen (secondary N) is 3. The van der Waals surface area contributed by atoms with Gasteiger partial charge in [-0.1, -0.05) is 37.5 Å². The van der Waals surface area contributed by atoms with Crippen molar-refractivity contribution in [3.8, 4) is 0 Å². The molecule has 9 nitrogen and oxygen atoms in total. The first-order chi connectivity index (χ1) is 14.5. The monoisotopic (exact) mass is 413 g/mol. The molecule has 162 valence electrons. The number of carbonyl (C=O) groups is 2. The minimum Gasteiger partial charge on any atom is -0.378 e. The predicted octanol–water partition coefficient (Wildman–Crippen LogP) is 2.01. The molecule has 2 amide bonds. The summed E-state index contributed by atoms with van der Waals surface area (Å²) in [7, 11) is 3.85. The number of rotatable bonds is 9. The van der Waals surface area contributed by atoms with Gasteiger partial charge in [-0.25, -0.2) is 0 Å². The van der Waals surface area contributed by atoms with E-state index in [1.165, 1.54) is 0 Å². The fourth-order valence-corrected chi connectivity index (χ4v) is 3.90. The molecule has 2 aromatic rings. The van der Waals surface area contributed by atoms with Gasteiger partial charge in [0.15, 0.2) is 5.82 Å². The van der Waals surface area contributed by atoms with E-state index in [0.29, 0.717) is 17.8 Å². The van der Waals surface area contributed by atoms with Crippen molar-refractivity contribution < 1.29 is 9.59 Å². The Morgan fingerprint density at radius 1 is 1.30 bits per heavy atom. The van der Waals surface area contributed by atoms with E-state index >= 15 is 0 Å². The Morgan fingerprint density at radius 2 is 2.13 bits per heavy atom. The lowest BCUT2D eigenvalue weighted by molar-refractivity contribution is -0.124. The molecule has 0 saturated heterocycles.